The first-order chi connectivity index (χ1) is 16.7. The van der Waals surface area contributed by atoms with Gasteiger partial charge in [-0.3, -0.25) is 14.5 Å². The first-order valence-electron chi connectivity index (χ1n) is 14.1. The molecule has 2 saturated heterocycles. The van der Waals surface area contributed by atoms with E-state index in [-0.39, 0.29) is 29.4 Å². The van der Waals surface area contributed by atoms with E-state index in [0.717, 1.165) is 70.9 Å². The van der Waals surface area contributed by atoms with Crippen molar-refractivity contribution >= 4 is 11.9 Å². The van der Waals surface area contributed by atoms with Crippen LogP contribution in [-0.2, 0) is 14.3 Å². The van der Waals surface area contributed by atoms with E-state index in [1.807, 2.05) is 18.7 Å². The summed E-state index contributed by atoms with van der Waals surface area (Å²) in [5.41, 5.74) is 6.08. The van der Waals surface area contributed by atoms with Gasteiger partial charge in [0.1, 0.15) is 11.6 Å². The Labute approximate surface area is 210 Å². The lowest BCUT2D eigenvalue weighted by Crippen LogP contribution is -2.58. The van der Waals surface area contributed by atoms with Crippen LogP contribution in [0.5, 0.6) is 0 Å². The second-order valence-corrected chi connectivity index (χ2v) is 12.9. The minimum absolute atomic E-state index is 0.00786. The number of carbonyl (C=O) groups is 2. The van der Waals surface area contributed by atoms with Crippen molar-refractivity contribution in [2.45, 2.75) is 109 Å². The number of carbonyl (C=O) groups excluding carboxylic acids is 2. The maximum absolute atomic E-state index is 13.7. The lowest BCUT2D eigenvalue weighted by Gasteiger charge is -2.51. The summed E-state index contributed by atoms with van der Waals surface area (Å²) in [6.45, 7) is 8.51. The fourth-order valence-electron chi connectivity index (χ4n) is 8.32. The third-order valence-electron chi connectivity index (χ3n) is 10.5. The molecule has 0 radical (unpaired) electrons. The number of hydrogen-bond donors (Lipinski definition) is 1. The Morgan fingerprint density at radius 2 is 1.94 bits per heavy atom. The molecule has 0 spiro atoms. The van der Waals surface area contributed by atoms with E-state index >= 15 is 0 Å². The topological polar surface area (TPSA) is 99.7 Å². The van der Waals surface area contributed by atoms with Crippen LogP contribution in [0.4, 0.5) is 0 Å². The molecule has 35 heavy (non-hydrogen) atoms. The standard InChI is InChI=1S/C28H44N4O3/c1-18-22-14-21(17-29)32(23(18)22)25(33)24(30)28-9-6-7-19(15-28)13-20(16-28)8-12-35-26(34)27(2,3)31-10-4-5-11-31/h18-24H,4-16,30H2,1-3H3. The predicted octanol–water partition coefficient (Wildman–Crippen LogP) is 3.47. The number of fused-ring (bicyclic) bond motifs is 3. The van der Waals surface area contributed by atoms with Crippen LogP contribution in [0.15, 0.2) is 0 Å². The molecule has 0 aromatic heterocycles. The van der Waals surface area contributed by atoms with Gasteiger partial charge in [-0.15, -0.1) is 0 Å². The number of hydrogen-bond acceptors (Lipinski definition) is 6. The molecule has 0 aromatic carbocycles. The molecular formula is C28H44N4O3. The van der Waals surface area contributed by atoms with Crippen LogP contribution in [0.1, 0.15) is 85.0 Å². The zero-order valence-electron chi connectivity index (χ0n) is 21.9. The maximum Gasteiger partial charge on any atom is 0.325 e. The number of likely N-dealkylation sites (tertiary alicyclic amines) is 2. The van der Waals surface area contributed by atoms with E-state index in [1.54, 1.807) is 0 Å². The summed E-state index contributed by atoms with van der Waals surface area (Å²) in [5.74, 6) is 1.87. The van der Waals surface area contributed by atoms with Gasteiger partial charge >= 0.3 is 5.97 Å². The highest BCUT2D eigenvalue weighted by atomic mass is 16.5. The van der Waals surface area contributed by atoms with Gasteiger partial charge < -0.3 is 15.4 Å². The summed E-state index contributed by atoms with van der Waals surface area (Å²) in [5, 5.41) is 9.66. The normalized spacial score (nSPS) is 39.6. The summed E-state index contributed by atoms with van der Waals surface area (Å²) in [6.07, 6.45) is 10.3. The number of nitrogens with two attached hydrogens (primary N) is 1. The van der Waals surface area contributed by atoms with Gasteiger partial charge in [0.2, 0.25) is 5.91 Å². The molecule has 0 aromatic rings. The second kappa shape index (κ2) is 9.34. The molecular weight excluding hydrogens is 440 g/mol. The smallest absolute Gasteiger partial charge is 0.325 e. The lowest BCUT2D eigenvalue weighted by molar-refractivity contribution is -0.156. The van der Waals surface area contributed by atoms with Crippen molar-refractivity contribution in [2.24, 2.45) is 34.8 Å². The Hall–Kier alpha value is -1.65. The Bertz CT molecular complexity index is 878. The molecule has 5 rings (SSSR count). The molecule has 1 amide bonds. The maximum atomic E-state index is 13.7. The number of piperidine rings is 1. The van der Waals surface area contributed by atoms with E-state index in [4.69, 9.17) is 10.5 Å². The zero-order valence-corrected chi connectivity index (χ0v) is 21.9. The van der Waals surface area contributed by atoms with Crippen LogP contribution in [-0.4, -0.2) is 65.0 Å². The van der Waals surface area contributed by atoms with Crippen LogP contribution in [0.3, 0.4) is 0 Å². The summed E-state index contributed by atoms with van der Waals surface area (Å²) >= 11 is 0. The van der Waals surface area contributed by atoms with E-state index in [2.05, 4.69) is 17.9 Å². The zero-order chi connectivity index (χ0) is 25.0. The Morgan fingerprint density at radius 3 is 2.66 bits per heavy atom. The van der Waals surface area contributed by atoms with Crippen LogP contribution < -0.4 is 5.73 Å². The predicted molar refractivity (Wildman–Crippen MR) is 133 cm³/mol. The van der Waals surface area contributed by atoms with Gasteiger partial charge in [-0.05, 0) is 107 Å². The first-order valence-corrected chi connectivity index (χ1v) is 14.1. The summed E-state index contributed by atoms with van der Waals surface area (Å²) in [6, 6.07) is 1.73. The number of rotatable bonds is 7. The minimum Gasteiger partial charge on any atom is -0.464 e. The van der Waals surface area contributed by atoms with E-state index in [9.17, 15) is 14.9 Å². The second-order valence-electron chi connectivity index (χ2n) is 12.9. The molecule has 194 valence electrons. The van der Waals surface area contributed by atoms with Gasteiger partial charge in [0.05, 0.1) is 18.7 Å². The van der Waals surface area contributed by atoms with E-state index < -0.39 is 11.6 Å². The van der Waals surface area contributed by atoms with Crippen molar-refractivity contribution in [3.8, 4) is 6.07 Å². The van der Waals surface area contributed by atoms with Crippen LogP contribution in [0, 0.1) is 40.4 Å². The Kier molecular flexibility index (Phi) is 6.68. The number of nitriles is 1. The van der Waals surface area contributed by atoms with Gasteiger partial charge in [0.15, 0.2) is 0 Å². The van der Waals surface area contributed by atoms with Crippen molar-refractivity contribution in [1.29, 1.82) is 5.26 Å². The summed E-state index contributed by atoms with van der Waals surface area (Å²) in [7, 11) is 0. The highest BCUT2D eigenvalue weighted by Crippen LogP contribution is 2.56. The third kappa shape index (κ3) is 4.39. The lowest BCUT2D eigenvalue weighted by atomic mass is 9.55. The van der Waals surface area contributed by atoms with Gasteiger partial charge in [-0.2, -0.15) is 5.26 Å². The molecule has 2 aliphatic heterocycles. The highest BCUT2D eigenvalue weighted by Gasteiger charge is 2.62. The SMILES string of the molecule is CC1C2CC(C#N)N(C(=O)C(N)C34CCCC(CC(CCOC(=O)C(C)(C)N5CCCC5)C3)C4)C12. The quantitative estimate of drug-likeness (QED) is 0.556. The number of nitrogens with zero attached hydrogens (tertiary/aromatic N) is 3. The number of esters is 1. The Balaban J connectivity index is 1.21. The minimum atomic E-state index is -0.569. The average molecular weight is 485 g/mol. The van der Waals surface area contributed by atoms with Crippen molar-refractivity contribution in [2.75, 3.05) is 19.7 Å². The molecule has 2 bridgehead atoms. The molecule has 5 aliphatic rings. The molecule has 5 fully saturated rings. The van der Waals surface area contributed by atoms with Crippen LogP contribution in [0.2, 0.25) is 0 Å². The monoisotopic (exact) mass is 484 g/mol. The fraction of sp³-hybridized carbons (Fsp3) is 0.893. The fourth-order valence-corrected chi connectivity index (χ4v) is 8.32. The molecule has 8 unspecified atom stereocenters. The van der Waals surface area contributed by atoms with Crippen molar-refractivity contribution in [3.63, 3.8) is 0 Å². The highest BCUT2D eigenvalue weighted by molar-refractivity contribution is 5.84. The molecule has 2 N–H and O–H groups in total. The van der Waals surface area contributed by atoms with Crippen molar-refractivity contribution < 1.29 is 14.3 Å². The van der Waals surface area contributed by atoms with E-state index in [0.29, 0.717) is 30.3 Å². The van der Waals surface area contributed by atoms with Crippen molar-refractivity contribution in [3.05, 3.63) is 0 Å². The summed E-state index contributed by atoms with van der Waals surface area (Å²) < 4.78 is 5.80. The molecule has 8 atom stereocenters. The van der Waals surface area contributed by atoms with Crippen LogP contribution in [0.25, 0.3) is 0 Å². The number of ether oxygens (including phenoxy) is 1. The van der Waals surface area contributed by atoms with Gasteiger partial charge in [-0.25, -0.2) is 0 Å². The molecule has 3 aliphatic carbocycles. The molecule has 2 heterocycles. The summed E-state index contributed by atoms with van der Waals surface area (Å²) in [4.78, 5) is 30.7. The van der Waals surface area contributed by atoms with E-state index in [1.165, 1.54) is 6.42 Å². The third-order valence-corrected chi connectivity index (χ3v) is 10.5. The Morgan fingerprint density at radius 1 is 1.20 bits per heavy atom. The molecule has 3 saturated carbocycles. The largest absolute Gasteiger partial charge is 0.464 e. The number of amides is 1. The average Bonchev–Trinajstić information content (AvgIpc) is 3.25. The molecule has 7 nitrogen and oxygen atoms in total. The first kappa shape index (κ1) is 25.0. The van der Waals surface area contributed by atoms with Gasteiger partial charge in [-0.1, -0.05) is 19.8 Å². The van der Waals surface area contributed by atoms with Gasteiger partial charge in [0.25, 0.3) is 0 Å². The van der Waals surface area contributed by atoms with Crippen molar-refractivity contribution in [1.82, 2.24) is 9.80 Å². The van der Waals surface area contributed by atoms with Crippen LogP contribution >= 0.6 is 0 Å². The van der Waals surface area contributed by atoms with Gasteiger partial charge in [0, 0.05) is 6.04 Å². The molecule has 7 heteroatoms.